The van der Waals surface area contributed by atoms with Gasteiger partial charge in [0.15, 0.2) is 12.6 Å². The second-order valence-electron chi connectivity index (χ2n) is 21.1. The molecule has 55 heavy (non-hydrogen) atoms. The third kappa shape index (κ3) is 5.70. The Hall–Kier alpha value is -0.560. The molecule has 8 fully saturated rings. The summed E-state index contributed by atoms with van der Waals surface area (Å²) in [5.41, 5.74) is -3.16. The minimum atomic E-state index is -1.60. The largest absolute Gasteiger partial charge is 0.394 e. The summed E-state index contributed by atoms with van der Waals surface area (Å²) in [6, 6.07) is 0. The molecule has 0 radical (unpaired) electrons. The summed E-state index contributed by atoms with van der Waals surface area (Å²) in [4.78, 5) is 0. The van der Waals surface area contributed by atoms with Crippen LogP contribution in [0.4, 0.5) is 0 Å². The fourth-order valence-electron chi connectivity index (χ4n) is 14.9. The Morgan fingerprint density at radius 2 is 1.40 bits per heavy atom. The number of aliphatic hydroxyl groups excluding tert-OH is 8. The van der Waals surface area contributed by atoms with Crippen molar-refractivity contribution >= 4 is 0 Å². The topological polar surface area (TPSA) is 228 Å². The molecule has 8 rings (SSSR count). The predicted octanol–water partition coefficient (Wildman–Crippen LogP) is 0.724. The van der Waals surface area contributed by atoms with Crippen LogP contribution in [-0.2, 0) is 23.7 Å². The monoisotopic (exact) mass is 784 g/mol. The fraction of sp³-hybridized carbons (Fsp3) is 1.00. The van der Waals surface area contributed by atoms with Gasteiger partial charge in [0.1, 0.15) is 42.7 Å². The van der Waals surface area contributed by atoms with Crippen LogP contribution in [0.25, 0.3) is 0 Å². The van der Waals surface area contributed by atoms with Crippen molar-refractivity contribution in [2.24, 2.45) is 44.8 Å². The van der Waals surface area contributed by atoms with Gasteiger partial charge in [-0.25, -0.2) is 0 Å². The van der Waals surface area contributed by atoms with Crippen LogP contribution in [0.5, 0.6) is 0 Å². The third-order valence-corrected chi connectivity index (χ3v) is 17.6. The highest BCUT2D eigenvalue weighted by molar-refractivity contribution is 5.33. The molecule has 3 heterocycles. The molecule has 3 aliphatic heterocycles. The molecule has 21 atom stereocenters. The number of fused-ring (bicyclic) bond motifs is 2. The molecule has 9 N–H and O–H groups in total. The van der Waals surface area contributed by atoms with E-state index in [0.717, 1.165) is 32.1 Å². The van der Waals surface area contributed by atoms with E-state index in [-0.39, 0.29) is 52.1 Å². The highest BCUT2D eigenvalue weighted by atomic mass is 16.7. The fourth-order valence-corrected chi connectivity index (χ4v) is 14.9. The Bertz CT molecular complexity index is 1460. The van der Waals surface area contributed by atoms with Crippen molar-refractivity contribution in [2.45, 2.75) is 197 Å². The smallest absolute Gasteiger partial charge is 0.186 e. The van der Waals surface area contributed by atoms with Gasteiger partial charge in [-0.3, -0.25) is 0 Å². The minimum absolute atomic E-state index is 0.0633. The van der Waals surface area contributed by atoms with Crippen molar-refractivity contribution in [3.63, 3.8) is 0 Å². The Kier molecular flexibility index (Phi) is 9.90. The molecule has 3 saturated heterocycles. The van der Waals surface area contributed by atoms with Crippen LogP contribution in [0.2, 0.25) is 0 Å². The molecule has 0 aromatic carbocycles. The average molecular weight is 785 g/mol. The Balaban J connectivity index is 1.15. The molecule has 14 heteroatoms. The van der Waals surface area contributed by atoms with Gasteiger partial charge in [-0.15, -0.1) is 0 Å². The Morgan fingerprint density at radius 1 is 0.709 bits per heavy atom. The molecular weight excluding hydrogens is 716 g/mol. The van der Waals surface area contributed by atoms with Gasteiger partial charge in [0.05, 0.1) is 48.8 Å². The van der Waals surface area contributed by atoms with Crippen molar-refractivity contribution in [2.75, 3.05) is 13.2 Å². The number of ether oxygens (including phenoxy) is 5. The Morgan fingerprint density at radius 3 is 2.05 bits per heavy atom. The second kappa shape index (κ2) is 13.2. The normalized spacial score (nSPS) is 58.7. The van der Waals surface area contributed by atoms with E-state index in [1.165, 1.54) is 0 Å². The van der Waals surface area contributed by atoms with E-state index in [0.29, 0.717) is 25.7 Å². The van der Waals surface area contributed by atoms with E-state index in [2.05, 4.69) is 34.6 Å². The van der Waals surface area contributed by atoms with Gasteiger partial charge in [0, 0.05) is 5.92 Å². The number of hydrogen-bond donors (Lipinski definition) is 9. The molecule has 5 saturated carbocycles. The van der Waals surface area contributed by atoms with E-state index in [9.17, 15) is 46.0 Å². The number of aliphatic hydroxyl groups is 9. The summed E-state index contributed by atoms with van der Waals surface area (Å²) in [6.45, 7) is 13.8. The molecule has 316 valence electrons. The Labute approximate surface area is 324 Å². The first-order valence-electron chi connectivity index (χ1n) is 20.9. The van der Waals surface area contributed by atoms with Crippen LogP contribution in [0.3, 0.4) is 0 Å². The highest BCUT2D eigenvalue weighted by Crippen LogP contribution is 2.89. The van der Waals surface area contributed by atoms with Gasteiger partial charge in [-0.2, -0.15) is 0 Å². The van der Waals surface area contributed by atoms with Crippen molar-refractivity contribution in [1.82, 2.24) is 0 Å². The molecule has 0 aromatic rings. The van der Waals surface area contributed by atoms with Crippen LogP contribution in [-0.4, -0.2) is 150 Å². The molecular formula is C41H68O14. The minimum Gasteiger partial charge on any atom is -0.394 e. The zero-order valence-electron chi connectivity index (χ0n) is 33.6. The first-order chi connectivity index (χ1) is 25.5. The molecule has 0 amide bonds. The zero-order chi connectivity index (χ0) is 40.1. The molecule has 14 nitrogen and oxygen atoms in total. The second-order valence-corrected chi connectivity index (χ2v) is 21.1. The first-order valence-corrected chi connectivity index (χ1v) is 20.9. The lowest BCUT2D eigenvalue weighted by molar-refractivity contribution is -0.339. The first kappa shape index (κ1) is 41.2. The molecule has 2 spiro atoms. The van der Waals surface area contributed by atoms with Crippen molar-refractivity contribution < 1.29 is 69.6 Å². The molecule has 1 unspecified atom stereocenters. The molecule has 5 aliphatic carbocycles. The van der Waals surface area contributed by atoms with Gasteiger partial charge in [0.2, 0.25) is 0 Å². The SMILES string of the molecule is CC(C)(O)[C@H]1CC[C@@](C)([C@H]2[C@@H](O)C[C@@]3(C)[C@@H]4C[C@H](O[C@@H]5O[C@H](CO)[C@@H](O)[C@H](O)[C@H]5O)[C@H]5C(C)(C)[C@@H](O[C@@H]6OC[C@@H](O)[C@H](O)[C@H]6O)CC[C@@]56CC46CC[C@]23C)O1. The van der Waals surface area contributed by atoms with Crippen LogP contribution < -0.4 is 0 Å². The van der Waals surface area contributed by atoms with Gasteiger partial charge < -0.3 is 69.6 Å². The molecule has 0 aromatic heterocycles. The molecule has 0 bridgehead atoms. The summed E-state index contributed by atoms with van der Waals surface area (Å²) in [6.07, 6.45) is -7.48. The third-order valence-electron chi connectivity index (χ3n) is 17.6. The maximum Gasteiger partial charge on any atom is 0.186 e. The highest BCUT2D eigenvalue weighted by Gasteiger charge is 2.85. The average Bonchev–Trinajstić information content (AvgIpc) is 3.47. The van der Waals surface area contributed by atoms with E-state index in [1.807, 2.05) is 0 Å². The standard InChI is InChI=1S/C41H68O14/c1-35(2)24(54-33-29(48)26(45)20(44)17-51-33)9-11-41-18-40(41)13-12-37(5)31(39(7)10-8-25(55-39)36(3,4)50)19(43)15-38(37,6)23(40)14-21(32(35)41)52-34-30(49)28(47)27(46)22(16-42)53-34/h19-34,42-50H,8-18H2,1-7H3/t19-,20+,21-,22+,23-,24-,25+,26-,27+,28-,29+,30+,31-,32-,33-,34+,37+,38-,39-,40?,41+/m0/s1. The van der Waals surface area contributed by atoms with E-state index >= 15 is 0 Å². The van der Waals surface area contributed by atoms with Crippen LogP contribution in [0.1, 0.15) is 106 Å². The summed E-state index contributed by atoms with van der Waals surface area (Å²) in [5.74, 6) is -0.215. The van der Waals surface area contributed by atoms with E-state index in [4.69, 9.17) is 23.7 Å². The quantitative estimate of drug-likeness (QED) is 0.162. The maximum atomic E-state index is 12.2. The predicted molar refractivity (Wildman–Crippen MR) is 194 cm³/mol. The van der Waals surface area contributed by atoms with Gasteiger partial charge in [-0.05, 0) is 117 Å². The zero-order valence-corrected chi connectivity index (χ0v) is 33.6. The van der Waals surface area contributed by atoms with Crippen molar-refractivity contribution in [3.8, 4) is 0 Å². The van der Waals surface area contributed by atoms with E-state index in [1.54, 1.807) is 13.8 Å². The summed E-state index contributed by atoms with van der Waals surface area (Å²) in [5, 5.41) is 97.2. The van der Waals surface area contributed by atoms with E-state index < -0.39 is 96.8 Å². The maximum absolute atomic E-state index is 12.2. The summed E-state index contributed by atoms with van der Waals surface area (Å²) < 4.78 is 31.9. The lowest BCUT2D eigenvalue weighted by Crippen LogP contribution is -2.65. The van der Waals surface area contributed by atoms with Gasteiger partial charge in [0.25, 0.3) is 0 Å². The van der Waals surface area contributed by atoms with Crippen LogP contribution in [0.15, 0.2) is 0 Å². The number of hydrogen-bond acceptors (Lipinski definition) is 14. The number of rotatable bonds is 7. The van der Waals surface area contributed by atoms with Crippen LogP contribution in [0, 0.1) is 44.8 Å². The summed E-state index contributed by atoms with van der Waals surface area (Å²) >= 11 is 0. The lowest BCUT2D eigenvalue weighted by atomic mass is 9.41. The van der Waals surface area contributed by atoms with Gasteiger partial charge in [-0.1, -0.05) is 27.7 Å². The van der Waals surface area contributed by atoms with Crippen LogP contribution >= 0.6 is 0 Å². The summed E-state index contributed by atoms with van der Waals surface area (Å²) in [7, 11) is 0. The van der Waals surface area contributed by atoms with Crippen molar-refractivity contribution in [3.05, 3.63) is 0 Å². The molecule has 8 aliphatic rings. The van der Waals surface area contributed by atoms with Crippen molar-refractivity contribution in [1.29, 1.82) is 0 Å². The van der Waals surface area contributed by atoms with Gasteiger partial charge >= 0.3 is 0 Å². The lowest BCUT2D eigenvalue weighted by Gasteiger charge is -2.65.